The van der Waals surface area contributed by atoms with E-state index in [1.165, 1.54) is 18.2 Å². The lowest BCUT2D eigenvalue weighted by Crippen LogP contribution is -1.96. The van der Waals surface area contributed by atoms with E-state index >= 15 is 0 Å². The summed E-state index contributed by atoms with van der Waals surface area (Å²) in [7, 11) is 0. The molecular formula is C13H10BrFO2. The van der Waals surface area contributed by atoms with Gasteiger partial charge in [0, 0.05) is 6.07 Å². The molecule has 0 fully saturated rings. The molecule has 0 spiro atoms. The van der Waals surface area contributed by atoms with Crippen LogP contribution in [0.1, 0.15) is 5.56 Å². The van der Waals surface area contributed by atoms with E-state index in [0.29, 0.717) is 12.4 Å². The van der Waals surface area contributed by atoms with Crippen LogP contribution >= 0.6 is 15.9 Å². The van der Waals surface area contributed by atoms with E-state index in [0.717, 1.165) is 10.0 Å². The SMILES string of the molecule is Oc1ccc(Br)c(OCc2ccc(F)cc2)c1. The molecule has 0 bridgehead atoms. The summed E-state index contributed by atoms with van der Waals surface area (Å²) in [5, 5.41) is 9.32. The average molecular weight is 297 g/mol. The first kappa shape index (κ1) is 11.9. The van der Waals surface area contributed by atoms with Crippen molar-refractivity contribution in [2.24, 2.45) is 0 Å². The van der Waals surface area contributed by atoms with Gasteiger partial charge in [0.15, 0.2) is 0 Å². The molecule has 0 saturated carbocycles. The standard InChI is InChI=1S/C13H10BrFO2/c14-12-6-5-11(16)7-13(12)17-8-9-1-3-10(15)4-2-9/h1-7,16H,8H2. The van der Waals surface area contributed by atoms with Gasteiger partial charge in [-0.05, 0) is 45.8 Å². The van der Waals surface area contributed by atoms with Crippen LogP contribution in [0.5, 0.6) is 11.5 Å². The molecule has 0 saturated heterocycles. The molecule has 1 N–H and O–H groups in total. The second-order valence-electron chi connectivity index (χ2n) is 3.53. The van der Waals surface area contributed by atoms with Gasteiger partial charge in [-0.25, -0.2) is 4.39 Å². The molecule has 0 heterocycles. The highest BCUT2D eigenvalue weighted by Gasteiger charge is 2.03. The molecule has 0 unspecified atom stereocenters. The zero-order valence-electron chi connectivity index (χ0n) is 8.86. The molecule has 88 valence electrons. The molecule has 0 aromatic heterocycles. The molecule has 0 aliphatic carbocycles. The molecule has 17 heavy (non-hydrogen) atoms. The molecule has 2 rings (SSSR count). The highest BCUT2D eigenvalue weighted by Crippen LogP contribution is 2.29. The molecule has 0 aliphatic heterocycles. The van der Waals surface area contributed by atoms with E-state index in [-0.39, 0.29) is 11.6 Å². The Morgan fingerprint density at radius 3 is 2.53 bits per heavy atom. The number of phenols is 1. The second-order valence-corrected chi connectivity index (χ2v) is 4.38. The summed E-state index contributed by atoms with van der Waals surface area (Å²) in [6.07, 6.45) is 0. The first-order chi connectivity index (χ1) is 8.15. The number of hydrogen-bond acceptors (Lipinski definition) is 2. The zero-order chi connectivity index (χ0) is 12.3. The molecule has 4 heteroatoms. The van der Waals surface area contributed by atoms with Crippen molar-refractivity contribution in [1.29, 1.82) is 0 Å². The third kappa shape index (κ3) is 3.20. The van der Waals surface area contributed by atoms with Crippen molar-refractivity contribution in [1.82, 2.24) is 0 Å². The predicted octanol–water partition coefficient (Wildman–Crippen LogP) is 3.87. The van der Waals surface area contributed by atoms with Gasteiger partial charge in [0.25, 0.3) is 0 Å². The van der Waals surface area contributed by atoms with E-state index in [1.807, 2.05) is 0 Å². The normalized spacial score (nSPS) is 10.2. The summed E-state index contributed by atoms with van der Waals surface area (Å²) in [5.41, 5.74) is 0.863. The Bertz CT molecular complexity index is 511. The Morgan fingerprint density at radius 1 is 1.12 bits per heavy atom. The van der Waals surface area contributed by atoms with E-state index in [9.17, 15) is 9.50 Å². The van der Waals surface area contributed by atoms with Gasteiger partial charge >= 0.3 is 0 Å². The highest BCUT2D eigenvalue weighted by atomic mass is 79.9. The Morgan fingerprint density at radius 2 is 1.82 bits per heavy atom. The van der Waals surface area contributed by atoms with Crippen LogP contribution in [0.3, 0.4) is 0 Å². The van der Waals surface area contributed by atoms with Crippen LogP contribution in [0.25, 0.3) is 0 Å². The van der Waals surface area contributed by atoms with Crippen LogP contribution in [0.4, 0.5) is 4.39 Å². The van der Waals surface area contributed by atoms with Gasteiger partial charge in [-0.2, -0.15) is 0 Å². The number of aromatic hydroxyl groups is 1. The third-order valence-corrected chi connectivity index (χ3v) is 2.88. The number of rotatable bonds is 3. The van der Waals surface area contributed by atoms with E-state index in [2.05, 4.69) is 15.9 Å². The van der Waals surface area contributed by atoms with Crippen LogP contribution in [0.15, 0.2) is 46.9 Å². The summed E-state index contributed by atoms with van der Waals surface area (Å²) >= 11 is 3.32. The molecular weight excluding hydrogens is 287 g/mol. The van der Waals surface area contributed by atoms with Crippen LogP contribution in [0.2, 0.25) is 0 Å². The molecule has 0 radical (unpaired) electrons. The molecule has 0 amide bonds. The predicted molar refractivity (Wildman–Crippen MR) is 66.5 cm³/mol. The van der Waals surface area contributed by atoms with E-state index in [4.69, 9.17) is 4.74 Å². The number of hydrogen-bond donors (Lipinski definition) is 1. The molecule has 0 atom stereocenters. The van der Waals surface area contributed by atoms with Gasteiger partial charge in [0.2, 0.25) is 0 Å². The lowest BCUT2D eigenvalue weighted by atomic mass is 10.2. The Labute approximate surface area is 107 Å². The van der Waals surface area contributed by atoms with Crippen molar-refractivity contribution in [2.75, 3.05) is 0 Å². The summed E-state index contributed by atoms with van der Waals surface area (Å²) in [5.74, 6) is 0.420. The van der Waals surface area contributed by atoms with Gasteiger partial charge in [0.1, 0.15) is 23.9 Å². The smallest absolute Gasteiger partial charge is 0.137 e. The van der Waals surface area contributed by atoms with Crippen LogP contribution in [-0.4, -0.2) is 5.11 Å². The van der Waals surface area contributed by atoms with Crippen molar-refractivity contribution in [3.8, 4) is 11.5 Å². The fourth-order valence-corrected chi connectivity index (χ4v) is 1.71. The Balaban J connectivity index is 2.07. The Kier molecular flexibility index (Phi) is 3.64. The first-order valence-corrected chi connectivity index (χ1v) is 5.80. The second kappa shape index (κ2) is 5.19. The summed E-state index contributed by atoms with van der Waals surface area (Å²) in [6.45, 7) is 0.322. The van der Waals surface area contributed by atoms with Gasteiger partial charge in [-0.1, -0.05) is 12.1 Å². The minimum atomic E-state index is -0.271. The number of halogens is 2. The van der Waals surface area contributed by atoms with Crippen LogP contribution < -0.4 is 4.74 Å². The van der Waals surface area contributed by atoms with Gasteiger partial charge in [-0.3, -0.25) is 0 Å². The first-order valence-electron chi connectivity index (χ1n) is 5.01. The van der Waals surface area contributed by atoms with Crippen molar-refractivity contribution in [3.05, 3.63) is 58.3 Å². The van der Waals surface area contributed by atoms with Crippen LogP contribution in [0, 0.1) is 5.82 Å². The summed E-state index contributed by atoms with van der Waals surface area (Å²) in [4.78, 5) is 0. The quantitative estimate of drug-likeness (QED) is 0.931. The maximum Gasteiger partial charge on any atom is 0.137 e. The lowest BCUT2D eigenvalue weighted by molar-refractivity contribution is 0.302. The summed E-state index contributed by atoms with van der Waals surface area (Å²) in [6, 6.07) is 10.9. The molecule has 2 aromatic rings. The minimum Gasteiger partial charge on any atom is -0.508 e. The maximum atomic E-state index is 12.7. The fraction of sp³-hybridized carbons (Fsp3) is 0.0769. The lowest BCUT2D eigenvalue weighted by Gasteiger charge is -2.08. The van der Waals surface area contributed by atoms with Crippen molar-refractivity contribution in [3.63, 3.8) is 0 Å². The number of ether oxygens (including phenoxy) is 1. The number of phenolic OH excluding ortho intramolecular Hbond substituents is 1. The van der Waals surface area contributed by atoms with Crippen LogP contribution in [-0.2, 0) is 6.61 Å². The van der Waals surface area contributed by atoms with Crippen molar-refractivity contribution in [2.45, 2.75) is 6.61 Å². The van der Waals surface area contributed by atoms with Crippen molar-refractivity contribution >= 4 is 15.9 Å². The third-order valence-electron chi connectivity index (χ3n) is 2.22. The van der Waals surface area contributed by atoms with Gasteiger partial charge in [-0.15, -0.1) is 0 Å². The monoisotopic (exact) mass is 296 g/mol. The minimum absolute atomic E-state index is 0.141. The largest absolute Gasteiger partial charge is 0.508 e. The maximum absolute atomic E-state index is 12.7. The fourth-order valence-electron chi connectivity index (χ4n) is 1.34. The summed E-state index contributed by atoms with van der Waals surface area (Å²) < 4.78 is 19.0. The van der Waals surface area contributed by atoms with Crippen molar-refractivity contribution < 1.29 is 14.2 Å². The molecule has 2 nitrogen and oxygen atoms in total. The van der Waals surface area contributed by atoms with E-state index in [1.54, 1.807) is 24.3 Å². The number of benzene rings is 2. The topological polar surface area (TPSA) is 29.5 Å². The van der Waals surface area contributed by atoms with E-state index < -0.39 is 0 Å². The zero-order valence-corrected chi connectivity index (χ0v) is 10.4. The van der Waals surface area contributed by atoms with Gasteiger partial charge in [0.05, 0.1) is 4.47 Å². The average Bonchev–Trinajstić information content (AvgIpc) is 2.32. The highest BCUT2D eigenvalue weighted by molar-refractivity contribution is 9.10. The Hall–Kier alpha value is -1.55. The molecule has 2 aromatic carbocycles. The molecule has 0 aliphatic rings. The van der Waals surface area contributed by atoms with Gasteiger partial charge < -0.3 is 9.84 Å².